The van der Waals surface area contributed by atoms with Crippen LogP contribution in [0, 0.1) is 0 Å². The lowest BCUT2D eigenvalue weighted by molar-refractivity contribution is 0.254. The van der Waals surface area contributed by atoms with E-state index in [-0.39, 0.29) is 0 Å². The van der Waals surface area contributed by atoms with E-state index in [0.29, 0.717) is 6.42 Å². The van der Waals surface area contributed by atoms with Crippen molar-refractivity contribution in [2.24, 2.45) is 0 Å². The molecule has 0 aromatic rings. The van der Waals surface area contributed by atoms with Crippen LogP contribution in [0.4, 0.5) is 0 Å². The molecule has 0 aliphatic rings. The summed E-state index contributed by atoms with van der Waals surface area (Å²) in [5.74, 6) is 0. The van der Waals surface area contributed by atoms with Crippen molar-refractivity contribution in [3.63, 3.8) is 0 Å². The van der Waals surface area contributed by atoms with Crippen LogP contribution in [0.3, 0.4) is 0 Å². The maximum absolute atomic E-state index is 10.3. The van der Waals surface area contributed by atoms with Gasteiger partial charge in [0, 0.05) is 0 Å². The molecule has 0 spiro atoms. The molecule has 0 saturated carbocycles. The third kappa shape index (κ3) is 12.7. The molecule has 0 rings (SSSR count). The van der Waals surface area contributed by atoms with E-state index >= 15 is 0 Å². The minimum absolute atomic E-state index is 0.427. The lowest BCUT2D eigenvalue weighted by atomic mass is 10.1. The van der Waals surface area contributed by atoms with Crippen LogP contribution in [0.5, 0.6) is 0 Å². The number of hydrogen-bond acceptors (Lipinski definition) is 3. The first-order chi connectivity index (χ1) is 7.77. The molecule has 104 valence electrons. The highest BCUT2D eigenvalue weighted by Crippen LogP contribution is 2.28. The van der Waals surface area contributed by atoms with Gasteiger partial charge < -0.3 is 0 Å². The number of rotatable bonds is 10. The Morgan fingerprint density at radius 3 is 2.18 bits per heavy atom. The van der Waals surface area contributed by atoms with Gasteiger partial charge in [0.05, 0.1) is 0 Å². The summed E-state index contributed by atoms with van der Waals surface area (Å²) in [4.78, 5) is 0. The van der Waals surface area contributed by atoms with Gasteiger partial charge in [-0.1, -0.05) is 68.7 Å². The predicted octanol–water partition coefficient (Wildman–Crippen LogP) is 3.73. The van der Waals surface area contributed by atoms with E-state index < -0.39 is 21.3 Å². The highest BCUT2D eigenvalue weighted by Gasteiger charge is 2.26. The summed E-state index contributed by atoms with van der Waals surface area (Å²) >= 11 is 11.7. The van der Waals surface area contributed by atoms with E-state index in [1.807, 2.05) is 0 Å². The maximum Gasteiger partial charge on any atom is 0.397 e. The fourth-order valence-corrected chi connectivity index (χ4v) is 2.25. The van der Waals surface area contributed by atoms with Gasteiger partial charge >= 0.3 is 10.4 Å². The standard InChI is InChI=1S/C10H20Cl2O4S/c1-2-3-4-5-6-7-8-10(11,12)9-16-17(13,14)15/h2-9H2,1H3,(H,13,14,15). The highest BCUT2D eigenvalue weighted by atomic mass is 35.5. The molecule has 0 aliphatic heterocycles. The normalized spacial score (nSPS) is 12.9. The molecule has 4 nitrogen and oxygen atoms in total. The van der Waals surface area contributed by atoms with Crippen molar-refractivity contribution in [2.45, 2.75) is 56.2 Å². The SMILES string of the molecule is CCCCCCCCC(Cl)(Cl)COS(=O)(=O)O. The molecular weight excluding hydrogens is 287 g/mol. The molecule has 0 bridgehead atoms. The summed E-state index contributed by atoms with van der Waals surface area (Å²) in [6.07, 6.45) is 6.98. The van der Waals surface area contributed by atoms with Crippen molar-refractivity contribution in [2.75, 3.05) is 6.61 Å². The van der Waals surface area contributed by atoms with Gasteiger partial charge in [-0.25, -0.2) is 4.18 Å². The lowest BCUT2D eigenvalue weighted by Crippen LogP contribution is -2.23. The van der Waals surface area contributed by atoms with Crippen LogP contribution in [0.2, 0.25) is 0 Å². The van der Waals surface area contributed by atoms with Crippen molar-refractivity contribution in [1.82, 2.24) is 0 Å². The fourth-order valence-electron chi connectivity index (χ4n) is 1.40. The van der Waals surface area contributed by atoms with E-state index in [4.69, 9.17) is 27.8 Å². The second-order valence-corrected chi connectivity index (χ2v) is 6.80. The zero-order valence-corrected chi connectivity index (χ0v) is 12.3. The van der Waals surface area contributed by atoms with Crippen LogP contribution in [0.25, 0.3) is 0 Å². The molecule has 0 unspecified atom stereocenters. The Hall–Kier alpha value is 0.450. The van der Waals surface area contributed by atoms with Gasteiger partial charge in [-0.2, -0.15) is 8.42 Å². The lowest BCUT2D eigenvalue weighted by Gasteiger charge is -2.17. The number of hydrogen-bond donors (Lipinski definition) is 1. The Morgan fingerprint density at radius 2 is 1.65 bits per heavy atom. The largest absolute Gasteiger partial charge is 0.397 e. The summed E-state index contributed by atoms with van der Waals surface area (Å²) in [6.45, 7) is 1.72. The Balaban J connectivity index is 3.64. The van der Waals surface area contributed by atoms with Crippen LogP contribution >= 0.6 is 23.2 Å². The van der Waals surface area contributed by atoms with E-state index in [1.54, 1.807) is 0 Å². The monoisotopic (exact) mass is 306 g/mol. The van der Waals surface area contributed by atoms with Crippen LogP contribution < -0.4 is 0 Å². The number of halogens is 2. The van der Waals surface area contributed by atoms with Crippen LogP contribution in [0.1, 0.15) is 51.9 Å². The van der Waals surface area contributed by atoms with Crippen molar-refractivity contribution in [1.29, 1.82) is 0 Å². The fraction of sp³-hybridized carbons (Fsp3) is 1.00. The smallest absolute Gasteiger partial charge is 0.264 e. The average Bonchev–Trinajstić information content (AvgIpc) is 2.20. The molecule has 0 aromatic heterocycles. The molecule has 0 amide bonds. The Morgan fingerprint density at radius 1 is 1.12 bits per heavy atom. The number of alkyl halides is 2. The Kier molecular flexibility index (Phi) is 8.76. The van der Waals surface area contributed by atoms with Crippen LogP contribution in [-0.2, 0) is 14.6 Å². The molecule has 0 aliphatic carbocycles. The summed E-state index contributed by atoms with van der Waals surface area (Å²) in [5, 5.41) is 0. The molecule has 0 atom stereocenters. The second-order valence-electron chi connectivity index (χ2n) is 4.06. The topological polar surface area (TPSA) is 63.6 Å². The molecule has 0 aromatic carbocycles. The van der Waals surface area contributed by atoms with Gasteiger partial charge in [0.2, 0.25) is 0 Å². The van der Waals surface area contributed by atoms with Crippen molar-refractivity contribution < 1.29 is 17.2 Å². The molecule has 0 saturated heterocycles. The molecule has 0 radical (unpaired) electrons. The van der Waals surface area contributed by atoms with E-state index in [0.717, 1.165) is 19.3 Å². The summed E-state index contributed by atoms with van der Waals surface area (Å²) in [6, 6.07) is 0. The van der Waals surface area contributed by atoms with Crippen LogP contribution in [-0.4, -0.2) is 23.9 Å². The summed E-state index contributed by atoms with van der Waals surface area (Å²) in [7, 11) is -4.47. The second kappa shape index (κ2) is 8.53. The van der Waals surface area contributed by atoms with E-state index in [1.165, 1.54) is 19.3 Å². The highest BCUT2D eigenvalue weighted by molar-refractivity contribution is 7.80. The minimum atomic E-state index is -4.47. The predicted molar refractivity (Wildman–Crippen MR) is 69.9 cm³/mol. The third-order valence-electron chi connectivity index (χ3n) is 2.32. The first-order valence-electron chi connectivity index (χ1n) is 5.76. The first kappa shape index (κ1) is 17.4. The zero-order chi connectivity index (χ0) is 13.4. The van der Waals surface area contributed by atoms with Crippen molar-refractivity contribution in [3.05, 3.63) is 0 Å². The van der Waals surface area contributed by atoms with Gasteiger partial charge in [0.25, 0.3) is 0 Å². The van der Waals surface area contributed by atoms with E-state index in [2.05, 4.69) is 11.1 Å². The molecular formula is C10H20Cl2O4S. The Bertz CT molecular complexity index is 291. The van der Waals surface area contributed by atoms with Gasteiger partial charge in [-0.3, -0.25) is 4.55 Å². The maximum atomic E-state index is 10.3. The minimum Gasteiger partial charge on any atom is -0.264 e. The summed E-state index contributed by atoms with van der Waals surface area (Å²) < 4.78 is 32.0. The first-order valence-corrected chi connectivity index (χ1v) is 7.88. The van der Waals surface area contributed by atoms with Gasteiger partial charge in [-0.05, 0) is 6.42 Å². The molecule has 0 fully saturated rings. The quantitative estimate of drug-likeness (QED) is 0.379. The van der Waals surface area contributed by atoms with Crippen molar-refractivity contribution >= 4 is 33.6 Å². The molecule has 17 heavy (non-hydrogen) atoms. The Labute approximate surface area is 114 Å². The molecule has 0 heterocycles. The summed E-state index contributed by atoms with van der Waals surface area (Å²) in [5.41, 5.74) is 0. The zero-order valence-electron chi connectivity index (χ0n) is 9.99. The molecule has 7 heteroatoms. The average molecular weight is 307 g/mol. The van der Waals surface area contributed by atoms with Crippen molar-refractivity contribution in [3.8, 4) is 0 Å². The van der Waals surface area contributed by atoms with Gasteiger partial charge in [0.1, 0.15) is 10.9 Å². The van der Waals surface area contributed by atoms with Gasteiger partial charge in [0.15, 0.2) is 0 Å². The van der Waals surface area contributed by atoms with Crippen LogP contribution in [0.15, 0.2) is 0 Å². The molecule has 1 N–H and O–H groups in total. The van der Waals surface area contributed by atoms with Gasteiger partial charge in [-0.15, -0.1) is 0 Å². The van der Waals surface area contributed by atoms with E-state index in [9.17, 15) is 8.42 Å². The number of unbranched alkanes of at least 4 members (excludes halogenated alkanes) is 5. The third-order valence-corrected chi connectivity index (χ3v) is 3.33.